The Morgan fingerprint density at radius 3 is 2.67 bits per heavy atom. The summed E-state index contributed by atoms with van der Waals surface area (Å²) in [7, 11) is -3.35. The van der Waals surface area contributed by atoms with Crippen molar-refractivity contribution in [3.05, 3.63) is 57.4 Å². The molecule has 7 heteroatoms. The Morgan fingerprint density at radius 2 is 1.95 bits per heavy atom. The number of aryl methyl sites for hydroxylation is 1. The maximum atomic E-state index is 12.2. The Hall–Kier alpha value is -1.60. The van der Waals surface area contributed by atoms with Crippen molar-refractivity contribution in [3.63, 3.8) is 0 Å². The van der Waals surface area contributed by atoms with E-state index in [0.717, 1.165) is 4.47 Å². The number of rotatable bonds is 5. The number of halogens is 1. The number of nitrogen functional groups attached to an aromatic ring is 1. The molecule has 0 bridgehead atoms. The molecule has 0 radical (unpaired) electrons. The first kappa shape index (κ1) is 15.8. The maximum absolute atomic E-state index is 12.2. The largest absolute Gasteiger partial charge is 0.398 e. The molecule has 21 heavy (non-hydrogen) atoms. The van der Waals surface area contributed by atoms with Gasteiger partial charge in [-0.25, -0.2) is 8.42 Å². The van der Waals surface area contributed by atoms with E-state index in [4.69, 9.17) is 5.73 Å². The Kier molecular flexibility index (Phi) is 4.84. The van der Waals surface area contributed by atoms with Gasteiger partial charge in [0.25, 0.3) is 5.56 Å². The summed E-state index contributed by atoms with van der Waals surface area (Å²) in [6, 6.07) is 9.48. The highest BCUT2D eigenvalue weighted by atomic mass is 79.9. The molecule has 0 atom stereocenters. The van der Waals surface area contributed by atoms with Crippen molar-refractivity contribution in [2.24, 2.45) is 0 Å². The summed E-state index contributed by atoms with van der Waals surface area (Å²) in [5.41, 5.74) is 5.90. The Bertz CT molecular complexity index is 800. The first-order valence-electron chi connectivity index (χ1n) is 6.33. The second-order valence-corrected chi connectivity index (χ2v) is 7.65. The zero-order valence-electron chi connectivity index (χ0n) is 11.2. The van der Waals surface area contributed by atoms with Gasteiger partial charge in [0.15, 0.2) is 9.84 Å². The summed E-state index contributed by atoms with van der Waals surface area (Å²) in [6.45, 7) is 0.317. The molecule has 112 valence electrons. The number of nitrogens with zero attached hydrogens (tertiary/aromatic N) is 1. The molecule has 0 unspecified atom stereocenters. The van der Waals surface area contributed by atoms with Crippen LogP contribution in [0.2, 0.25) is 0 Å². The van der Waals surface area contributed by atoms with Gasteiger partial charge < -0.3 is 10.3 Å². The fraction of sp³-hybridized carbons (Fsp3) is 0.214. The molecule has 0 saturated heterocycles. The molecule has 0 aliphatic carbocycles. The summed E-state index contributed by atoms with van der Waals surface area (Å²) in [5.74, 6) is -0.0231. The van der Waals surface area contributed by atoms with Gasteiger partial charge in [-0.05, 0) is 30.7 Å². The number of benzene rings is 1. The summed E-state index contributed by atoms with van der Waals surface area (Å²) < 4.78 is 26.5. The van der Waals surface area contributed by atoms with Crippen molar-refractivity contribution in [1.29, 1.82) is 0 Å². The molecule has 2 rings (SSSR count). The van der Waals surface area contributed by atoms with Gasteiger partial charge in [0.1, 0.15) is 0 Å². The van der Waals surface area contributed by atoms with E-state index >= 15 is 0 Å². The molecule has 1 aromatic heterocycles. The van der Waals surface area contributed by atoms with E-state index in [1.807, 2.05) is 0 Å². The summed E-state index contributed by atoms with van der Waals surface area (Å²) in [4.78, 5) is 11.9. The van der Waals surface area contributed by atoms with Gasteiger partial charge in [0.05, 0.1) is 10.6 Å². The van der Waals surface area contributed by atoms with Gasteiger partial charge in [0.2, 0.25) is 0 Å². The van der Waals surface area contributed by atoms with E-state index in [0.29, 0.717) is 18.7 Å². The lowest BCUT2D eigenvalue weighted by molar-refractivity contribution is 0.584. The van der Waals surface area contributed by atoms with Crippen LogP contribution in [0.1, 0.15) is 6.42 Å². The minimum Gasteiger partial charge on any atom is -0.398 e. The molecule has 0 aliphatic heterocycles. The SMILES string of the molecule is Nc1ccc(=O)n(CCCS(=O)(=O)c2cccc(Br)c2)c1. The third-order valence-electron chi connectivity index (χ3n) is 2.97. The van der Waals surface area contributed by atoms with Crippen molar-refractivity contribution in [3.8, 4) is 0 Å². The van der Waals surface area contributed by atoms with Crippen LogP contribution in [0.5, 0.6) is 0 Å². The lowest BCUT2D eigenvalue weighted by Gasteiger charge is -2.07. The van der Waals surface area contributed by atoms with E-state index in [9.17, 15) is 13.2 Å². The lowest BCUT2D eigenvalue weighted by atomic mass is 10.4. The van der Waals surface area contributed by atoms with Crippen LogP contribution in [0, 0.1) is 0 Å². The van der Waals surface area contributed by atoms with E-state index in [1.165, 1.54) is 22.9 Å². The zero-order valence-corrected chi connectivity index (χ0v) is 13.6. The predicted octanol–water partition coefficient (Wildman–Crippen LogP) is 2.06. The fourth-order valence-corrected chi connectivity index (χ4v) is 3.82. The number of nitrogens with two attached hydrogens (primary N) is 1. The first-order chi connectivity index (χ1) is 9.88. The summed E-state index contributed by atoms with van der Waals surface area (Å²) in [5, 5.41) is 0. The second-order valence-electron chi connectivity index (χ2n) is 4.62. The normalized spacial score (nSPS) is 11.5. The number of hydrogen-bond acceptors (Lipinski definition) is 4. The van der Waals surface area contributed by atoms with Crippen LogP contribution in [-0.4, -0.2) is 18.7 Å². The molecule has 0 amide bonds. The van der Waals surface area contributed by atoms with E-state index in [-0.39, 0.29) is 16.2 Å². The maximum Gasteiger partial charge on any atom is 0.250 e. The van der Waals surface area contributed by atoms with Gasteiger partial charge in [-0.2, -0.15) is 0 Å². The Balaban J connectivity index is 2.06. The van der Waals surface area contributed by atoms with E-state index in [1.54, 1.807) is 24.3 Å². The lowest BCUT2D eigenvalue weighted by Crippen LogP contribution is -2.20. The smallest absolute Gasteiger partial charge is 0.250 e. The number of sulfone groups is 1. The van der Waals surface area contributed by atoms with Crippen molar-refractivity contribution >= 4 is 31.5 Å². The van der Waals surface area contributed by atoms with Gasteiger partial charge in [-0.1, -0.05) is 22.0 Å². The number of aromatic nitrogens is 1. The average Bonchev–Trinajstić information content (AvgIpc) is 2.42. The minimum absolute atomic E-state index is 0.0231. The van der Waals surface area contributed by atoms with Crippen molar-refractivity contribution < 1.29 is 8.42 Å². The van der Waals surface area contributed by atoms with Crippen molar-refractivity contribution in [2.45, 2.75) is 17.9 Å². The van der Waals surface area contributed by atoms with Crippen molar-refractivity contribution in [2.75, 3.05) is 11.5 Å². The quantitative estimate of drug-likeness (QED) is 0.872. The first-order valence-corrected chi connectivity index (χ1v) is 8.77. The van der Waals surface area contributed by atoms with Crippen molar-refractivity contribution in [1.82, 2.24) is 4.57 Å². The van der Waals surface area contributed by atoms with E-state index < -0.39 is 9.84 Å². The molecule has 0 fully saturated rings. The molecule has 0 spiro atoms. The third kappa shape index (κ3) is 4.18. The molecular weight excluding hydrogens is 356 g/mol. The second kappa shape index (κ2) is 6.44. The number of hydrogen-bond donors (Lipinski definition) is 1. The molecule has 1 aromatic carbocycles. The number of pyridine rings is 1. The van der Waals surface area contributed by atoms with Crippen LogP contribution in [0.4, 0.5) is 5.69 Å². The molecular formula is C14H15BrN2O3S. The standard InChI is InChI=1S/C14H15BrN2O3S/c15-11-3-1-4-13(9-11)21(19,20)8-2-7-17-10-12(16)5-6-14(17)18/h1,3-6,9-10H,2,7-8,16H2. The van der Waals surface area contributed by atoms with Crippen LogP contribution >= 0.6 is 15.9 Å². The number of anilines is 1. The molecule has 1 heterocycles. The Labute approximate surface area is 131 Å². The van der Waals surface area contributed by atoms with Crippen LogP contribution in [0.3, 0.4) is 0 Å². The van der Waals surface area contributed by atoms with Crippen LogP contribution in [0.15, 0.2) is 56.8 Å². The molecule has 2 N–H and O–H groups in total. The molecule has 0 saturated carbocycles. The fourth-order valence-electron chi connectivity index (χ4n) is 1.93. The van der Waals surface area contributed by atoms with Crippen LogP contribution in [0.25, 0.3) is 0 Å². The van der Waals surface area contributed by atoms with Gasteiger partial charge in [-0.3, -0.25) is 4.79 Å². The van der Waals surface area contributed by atoms with Gasteiger partial charge in [0, 0.05) is 29.0 Å². The van der Waals surface area contributed by atoms with Gasteiger partial charge >= 0.3 is 0 Å². The van der Waals surface area contributed by atoms with E-state index in [2.05, 4.69) is 15.9 Å². The molecule has 2 aromatic rings. The minimum atomic E-state index is -3.35. The summed E-state index contributed by atoms with van der Waals surface area (Å²) >= 11 is 3.25. The highest BCUT2D eigenvalue weighted by molar-refractivity contribution is 9.10. The summed E-state index contributed by atoms with van der Waals surface area (Å²) in [6.07, 6.45) is 1.87. The Morgan fingerprint density at radius 1 is 1.19 bits per heavy atom. The molecule has 5 nitrogen and oxygen atoms in total. The van der Waals surface area contributed by atoms with Crippen LogP contribution < -0.4 is 11.3 Å². The zero-order chi connectivity index (χ0) is 15.5. The monoisotopic (exact) mass is 370 g/mol. The average molecular weight is 371 g/mol. The topological polar surface area (TPSA) is 82.2 Å². The van der Waals surface area contributed by atoms with Gasteiger partial charge in [-0.15, -0.1) is 0 Å². The van der Waals surface area contributed by atoms with Crippen LogP contribution in [-0.2, 0) is 16.4 Å². The predicted molar refractivity (Wildman–Crippen MR) is 85.9 cm³/mol. The highest BCUT2D eigenvalue weighted by Gasteiger charge is 2.14. The molecule has 0 aliphatic rings. The third-order valence-corrected chi connectivity index (χ3v) is 5.27. The highest BCUT2D eigenvalue weighted by Crippen LogP contribution is 2.17.